The zero-order valence-corrected chi connectivity index (χ0v) is 22.3. The van der Waals surface area contributed by atoms with E-state index >= 15 is 0 Å². The van der Waals surface area contributed by atoms with Gasteiger partial charge in [0.15, 0.2) is 0 Å². The van der Waals surface area contributed by atoms with Gasteiger partial charge in [0.05, 0.1) is 0 Å². The fourth-order valence-corrected chi connectivity index (χ4v) is 4.21. The molecule has 0 aliphatic carbocycles. The van der Waals surface area contributed by atoms with Gasteiger partial charge in [-0.25, -0.2) is 0 Å². The monoisotopic (exact) mass is 543 g/mol. The summed E-state index contributed by atoms with van der Waals surface area (Å²) < 4.78 is 0.937. The van der Waals surface area contributed by atoms with E-state index in [1.807, 2.05) is 60.8 Å². The van der Waals surface area contributed by atoms with E-state index in [2.05, 4.69) is 58.4 Å². The van der Waals surface area contributed by atoms with Crippen LogP contribution in [0.15, 0.2) is 89.2 Å². The Bertz CT molecular complexity index is 1390. The minimum absolute atomic E-state index is 0.00761. The fraction of sp³-hybridized carbons (Fsp3) is 0.200. The molecule has 1 aromatic heterocycles. The Labute approximate surface area is 220 Å². The highest BCUT2D eigenvalue weighted by molar-refractivity contribution is 9.10. The number of H-pyrrole nitrogens is 1. The van der Waals surface area contributed by atoms with Crippen LogP contribution < -0.4 is 10.6 Å². The summed E-state index contributed by atoms with van der Waals surface area (Å²) in [5.74, 6) is -0.664. The van der Waals surface area contributed by atoms with E-state index in [0.29, 0.717) is 18.5 Å². The van der Waals surface area contributed by atoms with Crippen molar-refractivity contribution in [1.29, 1.82) is 0 Å². The molecule has 0 spiro atoms. The second-order valence-electron chi connectivity index (χ2n) is 9.76. The van der Waals surface area contributed by atoms with Gasteiger partial charge in [-0.2, -0.15) is 0 Å². The molecule has 3 N–H and O–H groups in total. The molecule has 0 saturated heterocycles. The average molecular weight is 544 g/mol. The van der Waals surface area contributed by atoms with Crippen molar-refractivity contribution in [2.24, 2.45) is 0 Å². The molecule has 0 fully saturated rings. The number of aromatic nitrogens is 1. The lowest BCUT2D eigenvalue weighted by molar-refractivity contribution is -0.117. The number of nitrogens with one attached hydrogen (secondary N) is 3. The largest absolute Gasteiger partial charge is 0.361 e. The molecule has 4 aromatic rings. The molecule has 5 nitrogen and oxygen atoms in total. The maximum absolute atomic E-state index is 13.1. The van der Waals surface area contributed by atoms with Gasteiger partial charge in [-0.15, -0.1) is 0 Å². The van der Waals surface area contributed by atoms with Crippen molar-refractivity contribution < 1.29 is 9.59 Å². The lowest BCUT2D eigenvalue weighted by Crippen LogP contribution is -2.35. The second kappa shape index (κ2) is 11.0. The summed E-state index contributed by atoms with van der Waals surface area (Å²) in [6, 6.07) is 23.1. The summed E-state index contributed by atoms with van der Waals surface area (Å²) in [6.07, 6.45) is 4.33. The van der Waals surface area contributed by atoms with Gasteiger partial charge >= 0.3 is 0 Å². The van der Waals surface area contributed by atoms with E-state index in [1.165, 1.54) is 0 Å². The first-order chi connectivity index (χ1) is 17.2. The molecule has 184 valence electrons. The van der Waals surface area contributed by atoms with Crippen LogP contribution in [0.3, 0.4) is 0 Å². The van der Waals surface area contributed by atoms with Gasteiger partial charge in [0.25, 0.3) is 11.8 Å². The van der Waals surface area contributed by atoms with Crippen molar-refractivity contribution in [3.63, 3.8) is 0 Å². The van der Waals surface area contributed by atoms with E-state index in [1.54, 1.807) is 18.2 Å². The van der Waals surface area contributed by atoms with Crippen LogP contribution in [0.4, 0.5) is 0 Å². The number of rotatable bonds is 7. The Morgan fingerprint density at radius 2 is 1.64 bits per heavy atom. The van der Waals surface area contributed by atoms with E-state index in [4.69, 9.17) is 0 Å². The van der Waals surface area contributed by atoms with Crippen LogP contribution in [0.2, 0.25) is 0 Å². The molecule has 6 heteroatoms. The first-order valence-electron chi connectivity index (χ1n) is 11.9. The summed E-state index contributed by atoms with van der Waals surface area (Å²) in [5.41, 5.74) is 4.83. The second-order valence-corrected chi connectivity index (χ2v) is 10.7. The van der Waals surface area contributed by atoms with E-state index < -0.39 is 0 Å². The molecule has 2 amide bonds. The van der Waals surface area contributed by atoms with Gasteiger partial charge in [0, 0.05) is 33.7 Å². The Hall–Kier alpha value is -3.64. The Kier molecular flexibility index (Phi) is 7.75. The number of amides is 2. The molecule has 0 aliphatic heterocycles. The van der Waals surface area contributed by atoms with Gasteiger partial charge < -0.3 is 15.6 Å². The number of para-hydroxylation sites is 1. The number of hydrogen-bond donors (Lipinski definition) is 3. The average Bonchev–Trinajstić information content (AvgIpc) is 3.27. The van der Waals surface area contributed by atoms with Crippen molar-refractivity contribution >= 4 is 44.7 Å². The van der Waals surface area contributed by atoms with E-state index in [0.717, 1.165) is 32.1 Å². The molecule has 0 atom stereocenters. The van der Waals surface area contributed by atoms with Gasteiger partial charge in [-0.05, 0) is 64.9 Å². The standard InChI is InChI=1S/C30H30BrN3O2/c1-30(2,3)23-12-10-21(11-13-23)28(35)34-27(18-20-8-14-24(31)15-9-20)29(36)32-17-16-22-19-33-26-7-5-4-6-25(22)26/h4-15,18-19,33H,16-17H2,1-3H3,(H,32,36)(H,34,35)/b27-18-. The van der Waals surface area contributed by atoms with Crippen LogP contribution >= 0.6 is 15.9 Å². The maximum Gasteiger partial charge on any atom is 0.267 e. The molecular formula is C30H30BrN3O2. The predicted molar refractivity (Wildman–Crippen MR) is 150 cm³/mol. The first kappa shape index (κ1) is 25.5. The summed E-state index contributed by atoms with van der Waals surface area (Å²) in [4.78, 5) is 29.4. The van der Waals surface area contributed by atoms with Crippen LogP contribution in [0.25, 0.3) is 17.0 Å². The third-order valence-corrected chi connectivity index (χ3v) is 6.57. The molecule has 0 saturated carbocycles. The molecule has 0 radical (unpaired) electrons. The van der Waals surface area contributed by atoms with Crippen LogP contribution in [-0.2, 0) is 16.6 Å². The number of carbonyl (C=O) groups excluding carboxylic acids is 2. The number of benzene rings is 3. The molecule has 4 rings (SSSR count). The first-order valence-corrected chi connectivity index (χ1v) is 12.7. The van der Waals surface area contributed by atoms with Crippen molar-refractivity contribution in [3.05, 3.63) is 111 Å². The van der Waals surface area contributed by atoms with Crippen molar-refractivity contribution in [2.45, 2.75) is 32.6 Å². The van der Waals surface area contributed by atoms with E-state index in [-0.39, 0.29) is 22.9 Å². The van der Waals surface area contributed by atoms with Crippen LogP contribution in [-0.4, -0.2) is 23.3 Å². The van der Waals surface area contributed by atoms with Crippen molar-refractivity contribution in [1.82, 2.24) is 15.6 Å². The highest BCUT2D eigenvalue weighted by Gasteiger charge is 2.17. The summed E-state index contributed by atoms with van der Waals surface area (Å²) in [5, 5.41) is 6.92. The number of hydrogen-bond acceptors (Lipinski definition) is 2. The fourth-order valence-electron chi connectivity index (χ4n) is 3.94. The van der Waals surface area contributed by atoms with Gasteiger partial charge in [0.2, 0.25) is 0 Å². The molecule has 1 heterocycles. The predicted octanol–water partition coefficient (Wildman–Crippen LogP) is 6.36. The number of carbonyl (C=O) groups is 2. The molecule has 0 bridgehead atoms. The smallest absolute Gasteiger partial charge is 0.267 e. The minimum atomic E-state index is -0.336. The molecule has 3 aromatic carbocycles. The van der Waals surface area contributed by atoms with Crippen molar-refractivity contribution in [3.8, 4) is 0 Å². The SMILES string of the molecule is CC(C)(C)c1ccc(C(=O)N/C(=C\c2ccc(Br)cc2)C(=O)NCCc2c[nH]c3ccccc23)cc1. The van der Waals surface area contributed by atoms with Crippen LogP contribution in [0.5, 0.6) is 0 Å². The van der Waals surface area contributed by atoms with Gasteiger partial charge in [-0.3, -0.25) is 9.59 Å². The van der Waals surface area contributed by atoms with E-state index in [9.17, 15) is 9.59 Å². The van der Waals surface area contributed by atoms with Crippen molar-refractivity contribution in [2.75, 3.05) is 6.54 Å². The summed E-state index contributed by atoms with van der Waals surface area (Å²) in [6.45, 7) is 6.82. The number of aromatic amines is 1. The van der Waals surface area contributed by atoms with Gasteiger partial charge in [0.1, 0.15) is 5.70 Å². The number of halogens is 1. The highest BCUT2D eigenvalue weighted by Crippen LogP contribution is 2.22. The molecule has 0 unspecified atom stereocenters. The summed E-state index contributed by atoms with van der Waals surface area (Å²) in [7, 11) is 0. The highest BCUT2D eigenvalue weighted by atomic mass is 79.9. The third-order valence-electron chi connectivity index (χ3n) is 6.04. The minimum Gasteiger partial charge on any atom is -0.361 e. The molecule has 36 heavy (non-hydrogen) atoms. The van der Waals surface area contributed by atoms with Crippen LogP contribution in [0, 0.1) is 0 Å². The zero-order chi connectivity index (χ0) is 25.7. The normalized spacial score (nSPS) is 11.9. The Morgan fingerprint density at radius 1 is 0.944 bits per heavy atom. The molecule has 0 aliphatic rings. The van der Waals surface area contributed by atoms with Gasteiger partial charge in [-0.1, -0.05) is 79.2 Å². The Balaban J connectivity index is 1.49. The maximum atomic E-state index is 13.1. The topological polar surface area (TPSA) is 74.0 Å². The summed E-state index contributed by atoms with van der Waals surface area (Å²) >= 11 is 3.43. The zero-order valence-electron chi connectivity index (χ0n) is 20.7. The lowest BCUT2D eigenvalue weighted by atomic mass is 9.87. The number of fused-ring (bicyclic) bond motifs is 1. The quantitative estimate of drug-likeness (QED) is 0.237. The third kappa shape index (κ3) is 6.32. The Morgan fingerprint density at radius 3 is 2.33 bits per heavy atom. The molecular weight excluding hydrogens is 514 g/mol. The van der Waals surface area contributed by atoms with Crippen LogP contribution in [0.1, 0.15) is 47.8 Å². The lowest BCUT2D eigenvalue weighted by Gasteiger charge is -2.19.